The van der Waals surface area contributed by atoms with E-state index in [1.54, 1.807) is 0 Å². The summed E-state index contributed by atoms with van der Waals surface area (Å²) in [7, 11) is 0. The fourth-order valence-electron chi connectivity index (χ4n) is 8.27. The van der Waals surface area contributed by atoms with Crippen LogP contribution >= 0.6 is 78.0 Å². The molecule has 2 unspecified atom stereocenters. The first kappa shape index (κ1) is 43.3. The van der Waals surface area contributed by atoms with Gasteiger partial charge in [0, 0.05) is 31.7 Å². The van der Waals surface area contributed by atoms with Crippen LogP contribution in [0.25, 0.3) is 53.7 Å². The van der Waals surface area contributed by atoms with Crippen molar-refractivity contribution in [3.05, 3.63) is 43.0 Å². The Bertz CT molecular complexity index is 2080. The molecular weight excluding hydrogens is 885 g/mol. The van der Waals surface area contributed by atoms with Crippen LogP contribution in [0.4, 0.5) is 0 Å². The number of hydrogen-bond acceptors (Lipinski definition) is 8. The molecule has 0 aliphatic rings. The molecule has 0 amide bonds. The topological polar surface area (TPSA) is 51.6 Å². The van der Waals surface area contributed by atoms with E-state index >= 15 is 0 Å². The number of rotatable bonds is 25. The Labute approximate surface area is 363 Å². The number of nitrogens with zero attached hydrogens (tertiary/aromatic N) is 4. The summed E-state index contributed by atoms with van der Waals surface area (Å²) in [5.74, 6) is 1.40. The average molecular weight is 945 g/mol. The Hall–Kier alpha value is -1.30. The summed E-state index contributed by atoms with van der Waals surface area (Å²) in [5.41, 5.74) is 9.07. The first-order valence-corrected chi connectivity index (χ1v) is 26.0. The Balaban J connectivity index is 1.24. The summed E-state index contributed by atoms with van der Waals surface area (Å²) in [6.45, 7) is 9.32. The molecule has 0 spiro atoms. The summed E-state index contributed by atoms with van der Waals surface area (Å²) in [5, 5.41) is 2.24. The van der Waals surface area contributed by atoms with Gasteiger partial charge in [-0.1, -0.05) is 150 Å². The summed E-state index contributed by atoms with van der Waals surface area (Å²) >= 11 is 14.3. The minimum absolute atomic E-state index is 0.663. The van der Waals surface area contributed by atoms with Crippen LogP contribution in [-0.4, -0.2) is 17.5 Å². The fourth-order valence-corrected chi connectivity index (χ4v) is 12.9. The molecule has 0 saturated heterocycles. The van der Waals surface area contributed by atoms with E-state index in [1.807, 2.05) is 22.7 Å². The molecule has 2 atom stereocenters. The van der Waals surface area contributed by atoms with Gasteiger partial charge in [0.2, 0.25) is 0 Å². The minimum Gasteiger partial charge on any atom is -0.172 e. The largest absolute Gasteiger partial charge is 0.172 e. The molecular formula is C45H60Br2N4S4. The third-order valence-corrected chi connectivity index (χ3v) is 16.5. The molecule has 6 aromatic rings. The molecule has 0 saturated carbocycles. The number of benzene rings is 2. The van der Waals surface area contributed by atoms with E-state index in [2.05, 4.69) is 83.8 Å². The molecule has 0 N–H and O–H groups in total. The van der Waals surface area contributed by atoms with Gasteiger partial charge in [-0.3, -0.25) is 0 Å². The minimum atomic E-state index is 0.663. The molecule has 0 aliphatic carbocycles. The Morgan fingerprint density at radius 2 is 0.891 bits per heavy atom. The predicted octanol–water partition coefficient (Wildman–Crippen LogP) is 17.6. The fraction of sp³-hybridized carbons (Fsp3) is 0.600. The molecule has 55 heavy (non-hydrogen) atoms. The van der Waals surface area contributed by atoms with Crippen LogP contribution in [0.3, 0.4) is 0 Å². The second-order valence-electron chi connectivity index (χ2n) is 16.0. The van der Waals surface area contributed by atoms with E-state index in [0.717, 1.165) is 62.7 Å². The second kappa shape index (κ2) is 22.2. The standard InChI is InChI=1S/C45H60Br2N4S4/c1-5-8-11-14-16-18-21-30(4)24-32-26-38(52-44(32)46)36-28-34-35(40-42(36)50-54-48-40)29-37(43-41(34)49-55-51-43)39-27-33(45(47)53-39)25-31(22-19-13-10-7-3)23-20-17-15-12-9-6-2/h26-31H,5-25H2,1-4H3. The zero-order chi connectivity index (χ0) is 38.6. The van der Waals surface area contributed by atoms with Crippen molar-refractivity contribution in [1.82, 2.24) is 17.5 Å². The lowest BCUT2D eigenvalue weighted by molar-refractivity contribution is 0.402. The molecule has 298 valence electrons. The zero-order valence-electron chi connectivity index (χ0n) is 33.5. The van der Waals surface area contributed by atoms with E-state index in [0.29, 0.717) is 5.92 Å². The lowest BCUT2D eigenvalue weighted by atomic mass is 9.89. The third kappa shape index (κ3) is 11.5. The van der Waals surface area contributed by atoms with Gasteiger partial charge in [-0.05, 0) is 91.9 Å². The van der Waals surface area contributed by atoms with Crippen molar-refractivity contribution in [3.8, 4) is 20.9 Å². The van der Waals surface area contributed by atoms with Gasteiger partial charge in [0.1, 0.15) is 22.1 Å². The van der Waals surface area contributed by atoms with Crippen LogP contribution < -0.4 is 0 Å². The Kier molecular flexibility index (Phi) is 17.5. The van der Waals surface area contributed by atoms with Gasteiger partial charge in [-0.15, -0.1) is 22.7 Å². The number of thiophene rings is 2. The highest BCUT2D eigenvalue weighted by molar-refractivity contribution is 9.11. The molecule has 10 heteroatoms. The molecule has 4 nitrogen and oxygen atoms in total. The first-order valence-electron chi connectivity index (χ1n) is 21.3. The van der Waals surface area contributed by atoms with Crippen LogP contribution in [0, 0.1) is 11.8 Å². The maximum Gasteiger partial charge on any atom is 0.114 e. The van der Waals surface area contributed by atoms with E-state index in [1.165, 1.54) is 174 Å². The Morgan fingerprint density at radius 1 is 0.491 bits per heavy atom. The third-order valence-electron chi connectivity index (χ3n) is 11.5. The van der Waals surface area contributed by atoms with Gasteiger partial charge < -0.3 is 0 Å². The van der Waals surface area contributed by atoms with Crippen molar-refractivity contribution < 1.29 is 0 Å². The van der Waals surface area contributed by atoms with Gasteiger partial charge in [0.25, 0.3) is 0 Å². The predicted molar refractivity (Wildman–Crippen MR) is 253 cm³/mol. The molecule has 2 aromatic carbocycles. The molecule has 4 heterocycles. The summed E-state index contributed by atoms with van der Waals surface area (Å²) in [6, 6.07) is 9.48. The number of unbranched alkanes of at least 4 members (excludes halogenated alkanes) is 13. The number of aromatic nitrogens is 4. The number of halogens is 2. The average Bonchev–Trinajstić information content (AvgIpc) is 4.00. The summed E-state index contributed by atoms with van der Waals surface area (Å²) < 4.78 is 22.2. The molecule has 6 rings (SSSR count). The van der Waals surface area contributed by atoms with Gasteiger partial charge in [0.05, 0.1) is 31.0 Å². The number of fused-ring (bicyclic) bond motifs is 5. The monoisotopic (exact) mass is 942 g/mol. The van der Waals surface area contributed by atoms with Crippen LogP contribution in [0.2, 0.25) is 0 Å². The maximum absolute atomic E-state index is 4.93. The molecule has 0 radical (unpaired) electrons. The first-order chi connectivity index (χ1) is 26.9. The normalized spacial score (nSPS) is 13.2. The van der Waals surface area contributed by atoms with Crippen LogP contribution in [0.5, 0.6) is 0 Å². The summed E-state index contributed by atoms with van der Waals surface area (Å²) in [6.07, 6.45) is 27.9. The highest BCUT2D eigenvalue weighted by Gasteiger charge is 2.23. The lowest BCUT2D eigenvalue weighted by Gasteiger charge is -2.17. The van der Waals surface area contributed by atoms with Crippen molar-refractivity contribution in [1.29, 1.82) is 0 Å². The number of hydrogen-bond donors (Lipinski definition) is 0. The molecule has 0 aliphatic heterocycles. The SMILES string of the molecule is CCCCCCCCC(C)Cc1cc(-c2cc3c(cc(-c4cc(CC(CCCCCC)CCCCCCCC)c(Br)s4)c4nsnc43)c3nsnc23)sc1Br. The van der Waals surface area contributed by atoms with E-state index in [-0.39, 0.29) is 0 Å². The van der Waals surface area contributed by atoms with Crippen molar-refractivity contribution in [2.45, 2.75) is 163 Å². The van der Waals surface area contributed by atoms with Crippen LogP contribution in [0.1, 0.15) is 161 Å². The van der Waals surface area contributed by atoms with Gasteiger partial charge >= 0.3 is 0 Å². The zero-order valence-corrected chi connectivity index (χ0v) is 39.9. The van der Waals surface area contributed by atoms with E-state index in [4.69, 9.17) is 17.5 Å². The van der Waals surface area contributed by atoms with Gasteiger partial charge in [-0.25, -0.2) is 0 Å². The second-order valence-corrected chi connectivity index (χ2v) is 21.8. The van der Waals surface area contributed by atoms with Crippen molar-refractivity contribution in [2.24, 2.45) is 11.8 Å². The van der Waals surface area contributed by atoms with Gasteiger partial charge in [-0.2, -0.15) is 17.5 Å². The van der Waals surface area contributed by atoms with E-state index in [9.17, 15) is 0 Å². The van der Waals surface area contributed by atoms with Crippen LogP contribution in [0.15, 0.2) is 31.8 Å². The highest BCUT2D eigenvalue weighted by Crippen LogP contribution is 2.46. The summed E-state index contributed by atoms with van der Waals surface area (Å²) in [4.78, 5) is 2.50. The van der Waals surface area contributed by atoms with Crippen molar-refractivity contribution >= 4 is 111 Å². The molecule has 4 aromatic heterocycles. The quantitative estimate of drug-likeness (QED) is 0.0537. The maximum atomic E-state index is 4.93. The molecule has 0 bridgehead atoms. The van der Waals surface area contributed by atoms with Crippen molar-refractivity contribution in [2.75, 3.05) is 0 Å². The Morgan fingerprint density at radius 3 is 1.38 bits per heavy atom. The lowest BCUT2D eigenvalue weighted by Crippen LogP contribution is -2.05. The van der Waals surface area contributed by atoms with E-state index < -0.39 is 0 Å². The molecule has 0 fully saturated rings. The van der Waals surface area contributed by atoms with Gasteiger partial charge in [0.15, 0.2) is 0 Å². The highest BCUT2D eigenvalue weighted by atomic mass is 79.9. The van der Waals surface area contributed by atoms with Crippen LogP contribution in [-0.2, 0) is 12.8 Å². The smallest absolute Gasteiger partial charge is 0.114 e. The van der Waals surface area contributed by atoms with Crippen molar-refractivity contribution in [3.63, 3.8) is 0 Å².